The highest BCUT2D eigenvalue weighted by Gasteiger charge is 2.36. The molecule has 1 rings (SSSR count). The van der Waals surface area contributed by atoms with Crippen molar-refractivity contribution in [2.75, 3.05) is 27.2 Å². The first kappa shape index (κ1) is 13.8. The van der Waals surface area contributed by atoms with Gasteiger partial charge in [0.1, 0.15) is 5.25 Å². The summed E-state index contributed by atoms with van der Waals surface area (Å²) in [4.78, 5) is 2.08. The van der Waals surface area contributed by atoms with Gasteiger partial charge in [0.05, 0.1) is 4.99 Å². The van der Waals surface area contributed by atoms with E-state index in [0.29, 0.717) is 13.1 Å². The van der Waals surface area contributed by atoms with Crippen LogP contribution in [0.25, 0.3) is 0 Å². The molecule has 2 N–H and O–H groups in total. The fraction of sp³-hybridized carbons (Fsp3) is 0.889. The molecular weight excluding hydrogens is 246 g/mol. The third-order valence-corrected chi connectivity index (χ3v) is 5.77. The molecule has 0 aromatic rings. The van der Waals surface area contributed by atoms with E-state index < -0.39 is 15.3 Å². The second kappa shape index (κ2) is 4.95. The van der Waals surface area contributed by atoms with Crippen molar-refractivity contribution in [3.63, 3.8) is 0 Å². The minimum atomic E-state index is -3.36. The summed E-state index contributed by atoms with van der Waals surface area (Å²) >= 11 is 4.74. The highest BCUT2D eigenvalue weighted by atomic mass is 32.2. The van der Waals surface area contributed by atoms with Crippen molar-refractivity contribution < 1.29 is 8.42 Å². The molecule has 0 spiro atoms. The van der Waals surface area contributed by atoms with Crippen LogP contribution < -0.4 is 5.73 Å². The summed E-state index contributed by atoms with van der Waals surface area (Å²) in [5.41, 5.74) is 5.40. The molecular formula is C9H19N3O2S2. The highest BCUT2D eigenvalue weighted by Crippen LogP contribution is 2.19. The van der Waals surface area contributed by atoms with Crippen LogP contribution in [0.3, 0.4) is 0 Å². The van der Waals surface area contributed by atoms with E-state index in [-0.39, 0.29) is 11.0 Å². The first-order valence-corrected chi connectivity index (χ1v) is 7.12. The summed E-state index contributed by atoms with van der Waals surface area (Å²) in [6, 6.07) is 0.285. The number of nitrogens with zero attached hydrogens (tertiary/aromatic N) is 2. The molecule has 1 heterocycles. The molecule has 0 radical (unpaired) electrons. The molecule has 0 saturated carbocycles. The molecule has 1 aliphatic heterocycles. The SMILES string of the molecule is CC(C(N)=S)S(=O)(=O)N1CCC(N(C)C)C1. The largest absolute Gasteiger partial charge is 0.392 e. The maximum absolute atomic E-state index is 12.1. The van der Waals surface area contributed by atoms with E-state index in [2.05, 4.69) is 0 Å². The Morgan fingerprint density at radius 2 is 2.12 bits per heavy atom. The molecule has 0 aliphatic carbocycles. The topological polar surface area (TPSA) is 66.6 Å². The van der Waals surface area contributed by atoms with E-state index in [1.807, 2.05) is 19.0 Å². The number of hydrogen-bond donors (Lipinski definition) is 1. The number of thiocarbonyl (C=S) groups is 1. The minimum absolute atomic E-state index is 0.0355. The van der Waals surface area contributed by atoms with Gasteiger partial charge in [0.2, 0.25) is 10.0 Å². The van der Waals surface area contributed by atoms with E-state index in [1.54, 1.807) is 6.92 Å². The molecule has 0 aromatic carbocycles. The Kier molecular flexibility index (Phi) is 4.28. The van der Waals surface area contributed by atoms with Gasteiger partial charge in [0, 0.05) is 19.1 Å². The lowest BCUT2D eigenvalue weighted by Crippen LogP contribution is -2.43. The lowest BCUT2D eigenvalue weighted by atomic mass is 10.2. The van der Waals surface area contributed by atoms with Gasteiger partial charge < -0.3 is 10.6 Å². The van der Waals surface area contributed by atoms with Gasteiger partial charge in [-0.2, -0.15) is 4.31 Å². The van der Waals surface area contributed by atoms with Gasteiger partial charge >= 0.3 is 0 Å². The normalized spacial score (nSPS) is 24.9. The molecule has 1 fully saturated rings. The Hall–Kier alpha value is -0.240. The standard InChI is InChI=1S/C9H19N3O2S2/c1-7(9(10)15)16(13,14)12-5-4-8(6-12)11(2)3/h7-8H,4-6H2,1-3H3,(H2,10,15). The molecule has 1 saturated heterocycles. The molecule has 2 unspecified atom stereocenters. The van der Waals surface area contributed by atoms with Crippen LogP contribution in [0.5, 0.6) is 0 Å². The average molecular weight is 265 g/mol. The van der Waals surface area contributed by atoms with Gasteiger partial charge in [0.15, 0.2) is 0 Å². The summed E-state index contributed by atoms with van der Waals surface area (Å²) in [5, 5.41) is -0.775. The summed E-state index contributed by atoms with van der Waals surface area (Å²) in [6.07, 6.45) is 0.857. The zero-order valence-corrected chi connectivity index (χ0v) is 11.5. The lowest BCUT2D eigenvalue weighted by Gasteiger charge is -2.22. The second-order valence-electron chi connectivity index (χ2n) is 4.35. The van der Waals surface area contributed by atoms with E-state index in [1.165, 1.54) is 4.31 Å². The predicted molar refractivity (Wildman–Crippen MR) is 68.8 cm³/mol. The Morgan fingerprint density at radius 1 is 1.56 bits per heavy atom. The molecule has 0 bridgehead atoms. The van der Waals surface area contributed by atoms with Crippen molar-refractivity contribution in [2.24, 2.45) is 5.73 Å². The van der Waals surface area contributed by atoms with Crippen LogP contribution in [0, 0.1) is 0 Å². The van der Waals surface area contributed by atoms with E-state index in [4.69, 9.17) is 18.0 Å². The number of rotatable bonds is 4. The third kappa shape index (κ3) is 2.71. The Morgan fingerprint density at radius 3 is 2.50 bits per heavy atom. The van der Waals surface area contributed by atoms with Crippen LogP contribution in [0.2, 0.25) is 0 Å². The molecule has 94 valence electrons. The lowest BCUT2D eigenvalue weighted by molar-refractivity contribution is 0.302. The zero-order chi connectivity index (χ0) is 12.5. The van der Waals surface area contributed by atoms with Gasteiger partial charge in [-0.1, -0.05) is 12.2 Å². The van der Waals surface area contributed by atoms with Gasteiger partial charge in [0.25, 0.3) is 0 Å². The summed E-state index contributed by atoms with van der Waals surface area (Å²) < 4.78 is 25.7. The average Bonchev–Trinajstić information content (AvgIpc) is 2.65. The minimum Gasteiger partial charge on any atom is -0.392 e. The third-order valence-electron chi connectivity index (χ3n) is 3.06. The van der Waals surface area contributed by atoms with Crippen molar-refractivity contribution in [1.82, 2.24) is 9.21 Å². The second-order valence-corrected chi connectivity index (χ2v) is 7.08. The van der Waals surface area contributed by atoms with Crippen molar-refractivity contribution in [3.8, 4) is 0 Å². The van der Waals surface area contributed by atoms with Gasteiger partial charge in [-0.25, -0.2) is 8.42 Å². The maximum Gasteiger partial charge on any atom is 0.223 e. The summed E-state index contributed by atoms with van der Waals surface area (Å²) in [5.74, 6) is 0. The first-order chi connectivity index (χ1) is 7.26. The Labute approximate surface area is 103 Å². The van der Waals surface area contributed by atoms with Crippen molar-refractivity contribution in [1.29, 1.82) is 0 Å². The van der Waals surface area contributed by atoms with Gasteiger partial charge in [-0.05, 0) is 27.4 Å². The highest BCUT2D eigenvalue weighted by molar-refractivity contribution is 7.92. The van der Waals surface area contributed by atoms with Gasteiger partial charge in [-0.15, -0.1) is 0 Å². The number of likely N-dealkylation sites (N-methyl/N-ethyl adjacent to an activating group) is 1. The van der Waals surface area contributed by atoms with Crippen LogP contribution >= 0.6 is 12.2 Å². The smallest absolute Gasteiger partial charge is 0.223 e. The number of hydrogen-bond acceptors (Lipinski definition) is 4. The summed E-state index contributed by atoms with van der Waals surface area (Å²) in [6.45, 7) is 2.63. The van der Waals surface area contributed by atoms with Crippen LogP contribution in [0.15, 0.2) is 0 Å². The molecule has 0 aromatic heterocycles. The van der Waals surface area contributed by atoms with E-state index in [0.717, 1.165) is 6.42 Å². The van der Waals surface area contributed by atoms with E-state index in [9.17, 15) is 8.42 Å². The van der Waals surface area contributed by atoms with Crippen molar-refractivity contribution in [3.05, 3.63) is 0 Å². The predicted octanol–water partition coefficient (Wildman–Crippen LogP) is -0.373. The number of sulfonamides is 1. The van der Waals surface area contributed by atoms with Crippen LogP contribution in [-0.4, -0.2) is 61.1 Å². The molecule has 5 nitrogen and oxygen atoms in total. The fourth-order valence-corrected chi connectivity index (χ4v) is 3.58. The zero-order valence-electron chi connectivity index (χ0n) is 9.88. The molecule has 2 atom stereocenters. The van der Waals surface area contributed by atoms with Crippen molar-refractivity contribution >= 4 is 27.2 Å². The van der Waals surface area contributed by atoms with Crippen LogP contribution in [-0.2, 0) is 10.0 Å². The summed E-state index contributed by atoms with van der Waals surface area (Å²) in [7, 11) is 0.548. The van der Waals surface area contributed by atoms with Crippen LogP contribution in [0.1, 0.15) is 13.3 Å². The monoisotopic (exact) mass is 265 g/mol. The maximum atomic E-state index is 12.1. The fourth-order valence-electron chi connectivity index (χ4n) is 1.73. The molecule has 0 amide bonds. The Bertz CT molecular complexity index is 367. The van der Waals surface area contributed by atoms with E-state index >= 15 is 0 Å². The first-order valence-electron chi connectivity index (χ1n) is 5.21. The number of nitrogens with two attached hydrogens (primary N) is 1. The Balaban J connectivity index is 2.77. The van der Waals surface area contributed by atoms with Crippen LogP contribution in [0.4, 0.5) is 0 Å². The molecule has 1 aliphatic rings. The van der Waals surface area contributed by atoms with Crippen molar-refractivity contribution in [2.45, 2.75) is 24.6 Å². The molecule has 16 heavy (non-hydrogen) atoms. The molecule has 7 heteroatoms. The quantitative estimate of drug-likeness (QED) is 0.702. The van der Waals surface area contributed by atoms with Gasteiger partial charge in [-0.3, -0.25) is 0 Å².